The lowest BCUT2D eigenvalue weighted by Crippen LogP contribution is -2.52. The molecule has 2 aromatic heterocycles. The Morgan fingerprint density at radius 2 is 1.90 bits per heavy atom. The number of halogens is 1. The summed E-state index contributed by atoms with van der Waals surface area (Å²) in [5.41, 5.74) is 1.71. The van der Waals surface area contributed by atoms with Crippen LogP contribution in [0.2, 0.25) is 0 Å². The zero-order chi connectivity index (χ0) is 21.6. The fourth-order valence-corrected chi connectivity index (χ4v) is 3.73. The molecule has 0 bridgehead atoms. The van der Waals surface area contributed by atoms with Gasteiger partial charge in [0, 0.05) is 51.3 Å². The fourth-order valence-electron chi connectivity index (χ4n) is 3.73. The van der Waals surface area contributed by atoms with E-state index in [0.717, 1.165) is 55.9 Å². The summed E-state index contributed by atoms with van der Waals surface area (Å²) in [5, 5.41) is 3.38. The molecule has 3 aromatic rings. The Hall–Kier alpha value is -3.42. The average Bonchev–Trinajstić information content (AvgIpc) is 3.23. The molecule has 0 radical (unpaired) electrons. The predicted molar refractivity (Wildman–Crippen MR) is 121 cm³/mol. The number of para-hydroxylation sites is 1. The first-order chi connectivity index (χ1) is 15.2. The monoisotopic (exact) mass is 421 g/mol. The number of nitrogens with zero attached hydrogens (tertiary/aromatic N) is 6. The SMILES string of the molecule is CCNC(=NCc1ccc(-n2ccnc2C)nc1)N1CCN(c2ccccc2F)CC1. The van der Waals surface area contributed by atoms with Crippen LogP contribution in [0.25, 0.3) is 5.82 Å². The lowest BCUT2D eigenvalue weighted by atomic mass is 10.2. The van der Waals surface area contributed by atoms with Gasteiger partial charge in [-0.3, -0.25) is 4.57 Å². The first-order valence-electron chi connectivity index (χ1n) is 10.6. The number of aryl methyl sites for hydroxylation is 1. The van der Waals surface area contributed by atoms with Gasteiger partial charge in [-0.25, -0.2) is 19.4 Å². The van der Waals surface area contributed by atoms with Crippen LogP contribution in [0.3, 0.4) is 0 Å². The Morgan fingerprint density at radius 3 is 2.55 bits per heavy atom. The van der Waals surface area contributed by atoms with Gasteiger partial charge in [0.25, 0.3) is 0 Å². The fraction of sp³-hybridized carbons (Fsp3) is 0.348. The molecule has 0 amide bonds. The third kappa shape index (κ3) is 4.84. The maximum absolute atomic E-state index is 14.1. The molecule has 4 rings (SSSR count). The van der Waals surface area contributed by atoms with E-state index in [2.05, 4.69) is 32.0 Å². The van der Waals surface area contributed by atoms with Gasteiger partial charge in [-0.05, 0) is 37.6 Å². The first-order valence-corrected chi connectivity index (χ1v) is 10.6. The van der Waals surface area contributed by atoms with E-state index in [0.29, 0.717) is 12.2 Å². The molecule has 1 aromatic carbocycles. The summed E-state index contributed by atoms with van der Waals surface area (Å²) >= 11 is 0. The van der Waals surface area contributed by atoms with Gasteiger partial charge < -0.3 is 15.1 Å². The van der Waals surface area contributed by atoms with Crippen molar-refractivity contribution in [3.8, 4) is 5.82 Å². The molecule has 1 N–H and O–H groups in total. The van der Waals surface area contributed by atoms with E-state index in [1.165, 1.54) is 6.07 Å². The number of imidazole rings is 1. The summed E-state index contributed by atoms with van der Waals surface area (Å²) in [6.07, 6.45) is 5.53. The summed E-state index contributed by atoms with van der Waals surface area (Å²) in [6.45, 7) is 8.45. The van der Waals surface area contributed by atoms with Crippen molar-refractivity contribution in [2.45, 2.75) is 20.4 Å². The molecular weight excluding hydrogens is 393 g/mol. The Morgan fingerprint density at radius 1 is 1.10 bits per heavy atom. The molecule has 0 spiro atoms. The Kier molecular flexibility index (Phi) is 6.45. The topological polar surface area (TPSA) is 61.6 Å². The quantitative estimate of drug-likeness (QED) is 0.507. The molecule has 3 heterocycles. The molecule has 1 aliphatic heterocycles. The second-order valence-electron chi connectivity index (χ2n) is 7.46. The lowest BCUT2D eigenvalue weighted by Gasteiger charge is -2.37. The van der Waals surface area contributed by atoms with Crippen molar-refractivity contribution >= 4 is 11.6 Å². The van der Waals surface area contributed by atoms with Crippen LogP contribution < -0.4 is 10.2 Å². The lowest BCUT2D eigenvalue weighted by molar-refractivity contribution is 0.370. The van der Waals surface area contributed by atoms with E-state index < -0.39 is 0 Å². The average molecular weight is 422 g/mol. The summed E-state index contributed by atoms with van der Waals surface area (Å²) in [6, 6.07) is 11.0. The van der Waals surface area contributed by atoms with E-state index in [4.69, 9.17) is 4.99 Å². The number of hydrogen-bond donors (Lipinski definition) is 1. The number of rotatable bonds is 5. The van der Waals surface area contributed by atoms with E-state index in [9.17, 15) is 4.39 Å². The van der Waals surface area contributed by atoms with Crippen LogP contribution in [0, 0.1) is 12.7 Å². The Balaban J connectivity index is 1.40. The van der Waals surface area contributed by atoms with E-state index in [1.807, 2.05) is 48.1 Å². The summed E-state index contributed by atoms with van der Waals surface area (Å²) < 4.78 is 16.0. The third-order valence-corrected chi connectivity index (χ3v) is 5.40. The minimum atomic E-state index is -0.168. The van der Waals surface area contributed by atoms with Gasteiger partial charge in [-0.2, -0.15) is 0 Å². The van der Waals surface area contributed by atoms with Crippen LogP contribution in [0.1, 0.15) is 18.3 Å². The van der Waals surface area contributed by atoms with Crippen molar-refractivity contribution in [1.82, 2.24) is 24.8 Å². The van der Waals surface area contributed by atoms with Gasteiger partial charge in [0.1, 0.15) is 17.5 Å². The predicted octanol–water partition coefficient (Wildman–Crippen LogP) is 3.00. The minimum absolute atomic E-state index is 0.168. The molecule has 1 saturated heterocycles. The molecule has 0 saturated carbocycles. The van der Waals surface area contributed by atoms with Crippen molar-refractivity contribution in [3.63, 3.8) is 0 Å². The highest BCUT2D eigenvalue weighted by Crippen LogP contribution is 2.20. The number of aromatic nitrogens is 3. The molecule has 1 fully saturated rings. The number of nitrogens with one attached hydrogen (secondary N) is 1. The molecule has 0 unspecified atom stereocenters. The van der Waals surface area contributed by atoms with Crippen LogP contribution in [0.4, 0.5) is 10.1 Å². The largest absolute Gasteiger partial charge is 0.366 e. The molecule has 162 valence electrons. The second kappa shape index (κ2) is 9.59. The van der Waals surface area contributed by atoms with Gasteiger partial charge in [0.05, 0.1) is 12.2 Å². The van der Waals surface area contributed by atoms with Crippen LogP contribution in [0.15, 0.2) is 60.0 Å². The van der Waals surface area contributed by atoms with Crippen molar-refractivity contribution in [1.29, 1.82) is 0 Å². The van der Waals surface area contributed by atoms with Crippen LogP contribution in [-0.4, -0.2) is 58.1 Å². The highest BCUT2D eigenvalue weighted by molar-refractivity contribution is 5.80. The van der Waals surface area contributed by atoms with Crippen LogP contribution >= 0.6 is 0 Å². The maximum atomic E-state index is 14.1. The standard InChI is InChI=1S/C23H28FN7/c1-3-25-23(30-14-12-29(13-15-30)21-7-5-4-6-20(21)24)28-17-19-8-9-22(27-16-19)31-11-10-26-18(31)2/h4-11,16H,3,12-15,17H2,1-2H3,(H,25,28). The number of piperazine rings is 1. The highest BCUT2D eigenvalue weighted by atomic mass is 19.1. The summed E-state index contributed by atoms with van der Waals surface area (Å²) in [5.74, 6) is 2.46. The minimum Gasteiger partial charge on any atom is -0.366 e. The Labute approximate surface area is 182 Å². The zero-order valence-corrected chi connectivity index (χ0v) is 18.0. The number of pyridine rings is 1. The van der Waals surface area contributed by atoms with Crippen molar-refractivity contribution in [2.24, 2.45) is 4.99 Å². The van der Waals surface area contributed by atoms with Gasteiger partial charge in [0.2, 0.25) is 0 Å². The normalized spacial score (nSPS) is 14.7. The van der Waals surface area contributed by atoms with E-state index >= 15 is 0 Å². The van der Waals surface area contributed by atoms with Crippen molar-refractivity contribution < 1.29 is 4.39 Å². The highest BCUT2D eigenvalue weighted by Gasteiger charge is 2.21. The number of guanidine groups is 1. The van der Waals surface area contributed by atoms with Crippen molar-refractivity contribution in [3.05, 3.63) is 72.2 Å². The van der Waals surface area contributed by atoms with Crippen molar-refractivity contribution in [2.75, 3.05) is 37.6 Å². The molecule has 1 aliphatic rings. The third-order valence-electron chi connectivity index (χ3n) is 5.40. The van der Waals surface area contributed by atoms with Gasteiger partial charge in [-0.1, -0.05) is 18.2 Å². The summed E-state index contributed by atoms with van der Waals surface area (Å²) in [7, 11) is 0. The number of anilines is 1. The molecule has 0 atom stereocenters. The van der Waals surface area contributed by atoms with Crippen LogP contribution in [-0.2, 0) is 6.54 Å². The van der Waals surface area contributed by atoms with E-state index in [1.54, 1.807) is 12.3 Å². The Bertz CT molecular complexity index is 1020. The van der Waals surface area contributed by atoms with Gasteiger partial charge in [0.15, 0.2) is 5.96 Å². The van der Waals surface area contributed by atoms with Gasteiger partial charge in [-0.15, -0.1) is 0 Å². The summed E-state index contributed by atoms with van der Waals surface area (Å²) in [4.78, 5) is 17.9. The smallest absolute Gasteiger partial charge is 0.194 e. The van der Waals surface area contributed by atoms with E-state index in [-0.39, 0.29) is 5.82 Å². The molecular formula is C23H28FN7. The van der Waals surface area contributed by atoms with Gasteiger partial charge >= 0.3 is 0 Å². The molecule has 31 heavy (non-hydrogen) atoms. The number of hydrogen-bond acceptors (Lipinski definition) is 4. The molecule has 0 aliphatic carbocycles. The number of benzene rings is 1. The maximum Gasteiger partial charge on any atom is 0.194 e. The number of aliphatic imine (C=N–C) groups is 1. The van der Waals surface area contributed by atoms with Crippen LogP contribution in [0.5, 0.6) is 0 Å². The molecule has 7 nitrogen and oxygen atoms in total. The molecule has 8 heteroatoms. The second-order valence-corrected chi connectivity index (χ2v) is 7.46. The zero-order valence-electron chi connectivity index (χ0n) is 18.0. The first kappa shape index (κ1) is 20.8.